The molecule has 2 aromatic rings. The molecule has 0 spiro atoms. The first-order chi connectivity index (χ1) is 15.5. The Morgan fingerprint density at radius 2 is 2.09 bits per heavy atom. The molecule has 0 aliphatic carbocycles. The second-order valence-corrected chi connectivity index (χ2v) is 8.53. The third-order valence-electron chi connectivity index (χ3n) is 6.40. The molecule has 32 heavy (non-hydrogen) atoms. The fourth-order valence-corrected chi connectivity index (χ4v) is 4.63. The predicted octanol–water partition coefficient (Wildman–Crippen LogP) is 1.13. The molecular formula is C22H25FN6O3. The van der Waals surface area contributed by atoms with Gasteiger partial charge in [0.2, 0.25) is 11.8 Å². The first kappa shape index (κ1) is 20.6. The highest BCUT2D eigenvalue weighted by atomic mass is 19.1. The van der Waals surface area contributed by atoms with Gasteiger partial charge in [-0.3, -0.25) is 24.4 Å². The number of nitrogens with one attached hydrogen (secondary N) is 3. The molecule has 3 aliphatic heterocycles. The second-order valence-electron chi connectivity index (χ2n) is 8.53. The minimum Gasteiger partial charge on any atom is -0.378 e. The molecule has 168 valence electrons. The molecule has 1 unspecified atom stereocenters. The molecule has 1 aromatic heterocycles. The molecule has 10 heteroatoms. The van der Waals surface area contributed by atoms with Crippen molar-refractivity contribution in [2.75, 3.05) is 18.4 Å². The summed E-state index contributed by atoms with van der Waals surface area (Å²) in [6.45, 7) is 1.95. The highest BCUT2D eigenvalue weighted by Gasteiger charge is 2.39. The van der Waals surface area contributed by atoms with Crippen LogP contribution < -0.4 is 16.0 Å². The zero-order chi connectivity index (χ0) is 22.2. The van der Waals surface area contributed by atoms with Crippen LogP contribution in [0, 0.1) is 0 Å². The quantitative estimate of drug-likeness (QED) is 0.602. The Morgan fingerprint density at radius 3 is 2.91 bits per heavy atom. The van der Waals surface area contributed by atoms with Gasteiger partial charge in [-0.1, -0.05) is 12.1 Å². The van der Waals surface area contributed by atoms with Crippen molar-refractivity contribution in [3.63, 3.8) is 0 Å². The molecule has 3 N–H and O–H groups in total. The van der Waals surface area contributed by atoms with Gasteiger partial charge in [0, 0.05) is 37.8 Å². The number of alkyl halides is 1. The topological polar surface area (TPSA) is 108 Å². The van der Waals surface area contributed by atoms with E-state index < -0.39 is 18.1 Å². The highest BCUT2D eigenvalue weighted by molar-refractivity contribution is 6.05. The molecule has 0 radical (unpaired) electrons. The standard InChI is InChI=1S/C22H25FN6O3/c23-17-10-24-6-5-18(17)29-12-15(9-26-29)25-8-13-1-2-14-11-28(22(32)16(14)7-13)19-3-4-20(30)27-21(19)31/h1-2,7,9,12,17-19,24-25H,3-6,8,10-11H2,(H,27,30,31)/t17-,18-,19?/m1/s1. The third-order valence-corrected chi connectivity index (χ3v) is 6.40. The van der Waals surface area contributed by atoms with Gasteiger partial charge in [0.05, 0.1) is 17.9 Å². The van der Waals surface area contributed by atoms with Crippen LogP contribution in [0.3, 0.4) is 0 Å². The molecule has 3 atom stereocenters. The number of fused-ring (bicyclic) bond motifs is 1. The van der Waals surface area contributed by atoms with E-state index in [4.69, 9.17) is 0 Å². The third kappa shape index (κ3) is 3.86. The zero-order valence-electron chi connectivity index (χ0n) is 17.5. The average Bonchev–Trinajstić information content (AvgIpc) is 3.37. The van der Waals surface area contributed by atoms with Gasteiger partial charge in [0.15, 0.2) is 0 Å². The fourth-order valence-electron chi connectivity index (χ4n) is 4.63. The smallest absolute Gasteiger partial charge is 0.255 e. The Hall–Kier alpha value is -3.27. The Labute approximate surface area is 184 Å². The van der Waals surface area contributed by atoms with Crippen LogP contribution in [0.4, 0.5) is 10.1 Å². The lowest BCUT2D eigenvalue weighted by atomic mass is 10.0. The van der Waals surface area contributed by atoms with Crippen molar-refractivity contribution in [2.24, 2.45) is 0 Å². The van der Waals surface area contributed by atoms with Crippen molar-refractivity contribution in [2.45, 2.75) is 50.6 Å². The van der Waals surface area contributed by atoms with Crippen LogP contribution in [0.1, 0.15) is 46.8 Å². The van der Waals surface area contributed by atoms with Gasteiger partial charge in [0.25, 0.3) is 5.91 Å². The Kier molecular flexibility index (Phi) is 5.38. The Balaban J connectivity index is 1.24. The van der Waals surface area contributed by atoms with Crippen LogP contribution in [-0.4, -0.2) is 57.7 Å². The van der Waals surface area contributed by atoms with Crippen molar-refractivity contribution >= 4 is 23.4 Å². The van der Waals surface area contributed by atoms with Crippen LogP contribution >= 0.6 is 0 Å². The molecule has 3 amide bonds. The van der Waals surface area contributed by atoms with E-state index in [1.165, 1.54) is 0 Å². The number of halogens is 1. The summed E-state index contributed by atoms with van der Waals surface area (Å²) in [5.74, 6) is -0.899. The number of rotatable bonds is 5. The normalized spacial score (nSPS) is 25.6. The van der Waals surface area contributed by atoms with Gasteiger partial charge in [-0.2, -0.15) is 5.10 Å². The maximum absolute atomic E-state index is 14.1. The molecule has 5 rings (SSSR count). The lowest BCUT2D eigenvalue weighted by Crippen LogP contribution is -2.52. The van der Waals surface area contributed by atoms with E-state index in [1.807, 2.05) is 24.4 Å². The molecule has 2 saturated heterocycles. The van der Waals surface area contributed by atoms with Crippen LogP contribution in [-0.2, 0) is 22.7 Å². The average molecular weight is 440 g/mol. The number of carbonyl (C=O) groups excluding carboxylic acids is 3. The molecule has 3 aliphatic rings. The summed E-state index contributed by atoms with van der Waals surface area (Å²) in [5.41, 5.74) is 3.16. The van der Waals surface area contributed by atoms with Crippen LogP contribution in [0.2, 0.25) is 0 Å². The monoisotopic (exact) mass is 440 g/mol. The van der Waals surface area contributed by atoms with E-state index in [9.17, 15) is 18.8 Å². The zero-order valence-corrected chi connectivity index (χ0v) is 17.5. The summed E-state index contributed by atoms with van der Waals surface area (Å²) in [4.78, 5) is 38.1. The minimum atomic E-state index is -0.966. The van der Waals surface area contributed by atoms with Crippen molar-refractivity contribution in [3.8, 4) is 0 Å². The van der Waals surface area contributed by atoms with Crippen molar-refractivity contribution in [1.29, 1.82) is 0 Å². The first-order valence-corrected chi connectivity index (χ1v) is 10.9. The number of nitrogens with zero attached hydrogens (tertiary/aromatic N) is 3. The number of hydrogen-bond acceptors (Lipinski definition) is 6. The van der Waals surface area contributed by atoms with Crippen molar-refractivity contribution in [1.82, 2.24) is 25.3 Å². The first-order valence-electron chi connectivity index (χ1n) is 10.9. The summed E-state index contributed by atoms with van der Waals surface area (Å²) in [5, 5.41) is 12.9. The minimum absolute atomic E-state index is 0.191. The van der Waals surface area contributed by atoms with Gasteiger partial charge in [-0.15, -0.1) is 0 Å². The number of piperidine rings is 2. The molecule has 4 heterocycles. The molecular weight excluding hydrogens is 415 g/mol. The van der Waals surface area contributed by atoms with Gasteiger partial charge in [0.1, 0.15) is 12.2 Å². The van der Waals surface area contributed by atoms with Crippen molar-refractivity contribution < 1.29 is 18.8 Å². The van der Waals surface area contributed by atoms with Crippen LogP contribution in [0.15, 0.2) is 30.6 Å². The van der Waals surface area contributed by atoms with Gasteiger partial charge in [-0.25, -0.2) is 4.39 Å². The summed E-state index contributed by atoms with van der Waals surface area (Å²) >= 11 is 0. The molecule has 1 aromatic carbocycles. The number of amides is 3. The maximum Gasteiger partial charge on any atom is 0.255 e. The van der Waals surface area contributed by atoms with E-state index in [0.717, 1.165) is 23.4 Å². The summed E-state index contributed by atoms with van der Waals surface area (Å²) in [6, 6.07) is 4.81. The van der Waals surface area contributed by atoms with E-state index in [0.29, 0.717) is 38.0 Å². The number of imide groups is 1. The number of aromatic nitrogens is 2. The SMILES string of the molecule is O=C1CCC(N2Cc3ccc(CNc4cnn([C@@H]5CCNC[C@H]5F)c4)cc3C2=O)C(=O)N1. The van der Waals surface area contributed by atoms with Crippen LogP contribution in [0.5, 0.6) is 0 Å². The Morgan fingerprint density at radius 1 is 1.22 bits per heavy atom. The second kappa shape index (κ2) is 8.34. The lowest BCUT2D eigenvalue weighted by molar-refractivity contribution is -0.136. The van der Waals surface area contributed by atoms with Crippen molar-refractivity contribution in [3.05, 3.63) is 47.3 Å². The number of hydrogen-bond donors (Lipinski definition) is 3. The molecule has 0 saturated carbocycles. The Bertz CT molecular complexity index is 1070. The largest absolute Gasteiger partial charge is 0.378 e. The van der Waals surface area contributed by atoms with E-state index >= 15 is 0 Å². The highest BCUT2D eigenvalue weighted by Crippen LogP contribution is 2.28. The van der Waals surface area contributed by atoms with E-state index in [1.54, 1.807) is 15.8 Å². The lowest BCUT2D eigenvalue weighted by Gasteiger charge is -2.29. The van der Waals surface area contributed by atoms with Gasteiger partial charge >= 0.3 is 0 Å². The molecule has 0 bridgehead atoms. The van der Waals surface area contributed by atoms with E-state index in [2.05, 4.69) is 21.0 Å². The summed E-state index contributed by atoms with van der Waals surface area (Å²) in [6.07, 6.45) is 3.80. The summed E-state index contributed by atoms with van der Waals surface area (Å²) in [7, 11) is 0. The maximum atomic E-state index is 14.1. The molecule has 2 fully saturated rings. The summed E-state index contributed by atoms with van der Waals surface area (Å²) < 4.78 is 15.8. The van der Waals surface area contributed by atoms with Crippen LogP contribution in [0.25, 0.3) is 0 Å². The molecule has 9 nitrogen and oxygen atoms in total. The van der Waals surface area contributed by atoms with Gasteiger partial charge < -0.3 is 15.5 Å². The predicted molar refractivity (Wildman–Crippen MR) is 113 cm³/mol. The number of anilines is 1. The van der Waals surface area contributed by atoms with Gasteiger partial charge in [-0.05, 0) is 36.6 Å². The number of carbonyl (C=O) groups is 3. The fraction of sp³-hybridized carbons (Fsp3) is 0.455. The number of benzene rings is 1. The van der Waals surface area contributed by atoms with E-state index in [-0.39, 0.29) is 24.3 Å².